The van der Waals surface area contributed by atoms with E-state index in [0.717, 1.165) is 25.7 Å². The number of unbranched alkanes of at least 4 members (excludes halogenated alkanes) is 2. The van der Waals surface area contributed by atoms with Gasteiger partial charge < -0.3 is 28.8 Å². The number of rotatable bonds is 10. The molecule has 0 amide bonds. The predicted molar refractivity (Wildman–Crippen MR) is 85.1 cm³/mol. The van der Waals surface area contributed by atoms with Gasteiger partial charge in [0.2, 0.25) is 0 Å². The van der Waals surface area contributed by atoms with Crippen molar-refractivity contribution in [2.75, 3.05) is 26.4 Å². The Kier molecular flexibility index (Phi) is 6.83. The number of fused-ring (bicyclic) bond motifs is 1. The monoisotopic (exact) mass is 332 g/mol. The first-order valence-corrected chi connectivity index (χ1v) is 8.81. The SMILES string of the molecule is CCCCOC[C@]1(CO)O[C@@H]2OC(C)(C)O[C@H]2C1OCCCC. The molecule has 2 aliphatic rings. The van der Waals surface area contributed by atoms with E-state index in [1.165, 1.54) is 0 Å². The van der Waals surface area contributed by atoms with Crippen LogP contribution in [-0.4, -0.2) is 61.4 Å². The van der Waals surface area contributed by atoms with Gasteiger partial charge >= 0.3 is 0 Å². The molecule has 0 aromatic carbocycles. The molecule has 2 aliphatic heterocycles. The molecule has 0 aliphatic carbocycles. The molecule has 6 nitrogen and oxygen atoms in total. The standard InChI is InChI=1S/C17H32O6/c1-5-7-9-19-12-17(11-18)14(20-10-8-6-2)13-15(23-17)22-16(3,4)21-13/h13-15,18H,5-12H2,1-4H3/t13-,14?,15-,17-/m0/s1. The average Bonchev–Trinajstić information content (AvgIpc) is 2.94. The molecule has 1 N–H and O–H groups in total. The highest BCUT2D eigenvalue weighted by Gasteiger charge is 2.62. The van der Waals surface area contributed by atoms with E-state index < -0.39 is 23.8 Å². The Bertz CT molecular complexity index is 361. The molecular weight excluding hydrogens is 300 g/mol. The summed E-state index contributed by atoms with van der Waals surface area (Å²) in [7, 11) is 0. The summed E-state index contributed by atoms with van der Waals surface area (Å²) in [6, 6.07) is 0. The molecule has 0 radical (unpaired) electrons. The van der Waals surface area contributed by atoms with E-state index in [1.54, 1.807) is 0 Å². The van der Waals surface area contributed by atoms with Crippen LogP contribution in [0.25, 0.3) is 0 Å². The van der Waals surface area contributed by atoms with Crippen LogP contribution in [0.3, 0.4) is 0 Å². The van der Waals surface area contributed by atoms with Gasteiger partial charge in [0.05, 0.1) is 13.2 Å². The third-order valence-corrected chi connectivity index (χ3v) is 4.31. The van der Waals surface area contributed by atoms with Crippen molar-refractivity contribution in [3.8, 4) is 0 Å². The Morgan fingerprint density at radius 2 is 1.70 bits per heavy atom. The van der Waals surface area contributed by atoms with Crippen molar-refractivity contribution in [3.63, 3.8) is 0 Å². The van der Waals surface area contributed by atoms with Gasteiger partial charge in [-0.3, -0.25) is 0 Å². The third-order valence-electron chi connectivity index (χ3n) is 4.31. The summed E-state index contributed by atoms with van der Waals surface area (Å²) >= 11 is 0. The lowest BCUT2D eigenvalue weighted by Crippen LogP contribution is -2.52. The topological polar surface area (TPSA) is 66.4 Å². The third kappa shape index (κ3) is 4.44. The van der Waals surface area contributed by atoms with Crippen LogP contribution in [0, 0.1) is 0 Å². The first-order valence-electron chi connectivity index (χ1n) is 8.81. The highest BCUT2D eigenvalue weighted by atomic mass is 16.8. The Labute approximate surface area is 139 Å². The summed E-state index contributed by atoms with van der Waals surface area (Å²) in [5.41, 5.74) is -0.923. The summed E-state index contributed by atoms with van der Waals surface area (Å²) in [5.74, 6) is -0.702. The van der Waals surface area contributed by atoms with E-state index in [-0.39, 0.29) is 19.3 Å². The number of hydrogen-bond acceptors (Lipinski definition) is 6. The van der Waals surface area contributed by atoms with Gasteiger partial charge in [0.1, 0.15) is 17.8 Å². The van der Waals surface area contributed by atoms with Crippen LogP contribution in [0.1, 0.15) is 53.4 Å². The van der Waals surface area contributed by atoms with Crippen molar-refractivity contribution >= 4 is 0 Å². The Hall–Kier alpha value is -0.240. The molecular formula is C17H32O6. The van der Waals surface area contributed by atoms with Gasteiger partial charge in [0, 0.05) is 13.2 Å². The zero-order chi connectivity index (χ0) is 16.9. The molecule has 23 heavy (non-hydrogen) atoms. The maximum atomic E-state index is 9.99. The molecule has 0 saturated carbocycles. The average molecular weight is 332 g/mol. The molecule has 2 saturated heterocycles. The lowest BCUT2D eigenvalue weighted by molar-refractivity contribution is -0.260. The fraction of sp³-hybridized carbons (Fsp3) is 1.00. The molecule has 1 unspecified atom stereocenters. The number of aliphatic hydroxyl groups excluding tert-OH is 1. The first-order chi connectivity index (χ1) is 11.0. The van der Waals surface area contributed by atoms with Crippen molar-refractivity contribution in [1.82, 2.24) is 0 Å². The van der Waals surface area contributed by atoms with E-state index in [2.05, 4.69) is 13.8 Å². The van der Waals surface area contributed by atoms with Crippen LogP contribution in [0.4, 0.5) is 0 Å². The summed E-state index contributed by atoms with van der Waals surface area (Å²) in [6.45, 7) is 9.29. The first kappa shape index (κ1) is 19.1. The second kappa shape index (κ2) is 8.23. The van der Waals surface area contributed by atoms with Crippen molar-refractivity contribution in [2.45, 2.75) is 83.3 Å². The lowest BCUT2D eigenvalue weighted by atomic mass is 9.96. The zero-order valence-corrected chi connectivity index (χ0v) is 14.9. The minimum absolute atomic E-state index is 0.184. The van der Waals surface area contributed by atoms with E-state index >= 15 is 0 Å². The minimum Gasteiger partial charge on any atom is -0.393 e. The quantitative estimate of drug-likeness (QED) is 0.619. The zero-order valence-electron chi connectivity index (χ0n) is 14.9. The number of hydrogen-bond donors (Lipinski definition) is 1. The van der Waals surface area contributed by atoms with Crippen LogP contribution in [0.15, 0.2) is 0 Å². The largest absolute Gasteiger partial charge is 0.393 e. The molecule has 2 rings (SSSR count). The molecule has 0 aromatic heterocycles. The van der Waals surface area contributed by atoms with Crippen LogP contribution >= 0.6 is 0 Å². The second-order valence-electron chi connectivity index (χ2n) is 6.86. The summed E-state index contributed by atoms with van der Waals surface area (Å²) in [5, 5.41) is 9.99. The molecule has 4 atom stereocenters. The molecule has 2 fully saturated rings. The molecule has 0 aromatic rings. The van der Waals surface area contributed by atoms with Crippen LogP contribution in [0.2, 0.25) is 0 Å². The van der Waals surface area contributed by atoms with E-state index in [1.807, 2.05) is 13.8 Å². The summed E-state index contributed by atoms with van der Waals surface area (Å²) in [6.07, 6.45) is 2.78. The van der Waals surface area contributed by atoms with Gasteiger partial charge in [-0.1, -0.05) is 26.7 Å². The van der Waals surface area contributed by atoms with Gasteiger partial charge in [-0.05, 0) is 26.7 Å². The second-order valence-corrected chi connectivity index (χ2v) is 6.86. The van der Waals surface area contributed by atoms with Crippen LogP contribution < -0.4 is 0 Å². The molecule has 6 heteroatoms. The Morgan fingerprint density at radius 1 is 1.00 bits per heavy atom. The molecule has 0 spiro atoms. The molecule has 136 valence electrons. The highest BCUT2D eigenvalue weighted by molar-refractivity contribution is 5.04. The van der Waals surface area contributed by atoms with Gasteiger partial charge in [-0.15, -0.1) is 0 Å². The van der Waals surface area contributed by atoms with Crippen LogP contribution in [0.5, 0.6) is 0 Å². The minimum atomic E-state index is -0.923. The van der Waals surface area contributed by atoms with Gasteiger partial charge in [-0.25, -0.2) is 0 Å². The van der Waals surface area contributed by atoms with Gasteiger partial charge in [-0.2, -0.15) is 0 Å². The Morgan fingerprint density at radius 3 is 2.35 bits per heavy atom. The lowest BCUT2D eigenvalue weighted by Gasteiger charge is -2.35. The maximum Gasteiger partial charge on any atom is 0.190 e. The Balaban J connectivity index is 2.05. The summed E-state index contributed by atoms with van der Waals surface area (Å²) in [4.78, 5) is 0. The fourth-order valence-corrected chi connectivity index (χ4v) is 3.03. The van der Waals surface area contributed by atoms with E-state index in [0.29, 0.717) is 13.2 Å². The van der Waals surface area contributed by atoms with Crippen molar-refractivity contribution in [3.05, 3.63) is 0 Å². The fourth-order valence-electron chi connectivity index (χ4n) is 3.03. The number of aliphatic hydroxyl groups is 1. The van der Waals surface area contributed by atoms with Crippen molar-refractivity contribution in [2.24, 2.45) is 0 Å². The van der Waals surface area contributed by atoms with Crippen LogP contribution in [-0.2, 0) is 23.7 Å². The molecule has 0 bridgehead atoms. The van der Waals surface area contributed by atoms with Crippen molar-refractivity contribution in [1.29, 1.82) is 0 Å². The van der Waals surface area contributed by atoms with Gasteiger partial charge in [0.15, 0.2) is 12.1 Å². The summed E-state index contributed by atoms with van der Waals surface area (Å²) < 4.78 is 29.6. The predicted octanol–water partition coefficient (Wildman–Crippen LogP) is 2.23. The number of ether oxygens (including phenoxy) is 5. The normalized spacial score (nSPS) is 35.6. The molecule has 2 heterocycles. The van der Waals surface area contributed by atoms with E-state index in [9.17, 15) is 5.11 Å². The smallest absolute Gasteiger partial charge is 0.190 e. The van der Waals surface area contributed by atoms with Crippen molar-refractivity contribution < 1.29 is 28.8 Å². The van der Waals surface area contributed by atoms with Gasteiger partial charge in [0.25, 0.3) is 0 Å². The van der Waals surface area contributed by atoms with E-state index in [4.69, 9.17) is 23.7 Å². The highest BCUT2D eigenvalue weighted by Crippen LogP contribution is 2.43. The maximum absolute atomic E-state index is 9.99.